The van der Waals surface area contributed by atoms with Gasteiger partial charge in [-0.15, -0.1) is 20.4 Å². The van der Waals surface area contributed by atoms with E-state index < -0.39 is 0 Å². The molecule has 0 amide bonds. The first-order valence-electron chi connectivity index (χ1n) is 3.60. The van der Waals surface area contributed by atoms with Gasteiger partial charge in [0.15, 0.2) is 0 Å². The van der Waals surface area contributed by atoms with Crippen LogP contribution < -0.4 is 11.5 Å². The molecule has 0 aliphatic rings. The summed E-state index contributed by atoms with van der Waals surface area (Å²) in [5.74, 6) is 0. The van der Waals surface area contributed by atoms with Crippen molar-refractivity contribution in [1.29, 1.82) is 0 Å². The first-order chi connectivity index (χ1) is 6.74. The summed E-state index contributed by atoms with van der Waals surface area (Å²) in [4.78, 5) is 0. The van der Waals surface area contributed by atoms with E-state index in [1.165, 1.54) is 22.7 Å². The van der Waals surface area contributed by atoms with Crippen LogP contribution in [0.5, 0.6) is 0 Å². The Balaban J connectivity index is 2.14. The zero-order chi connectivity index (χ0) is 9.97. The summed E-state index contributed by atoms with van der Waals surface area (Å²) in [5.41, 5.74) is 10.8. The minimum absolute atomic E-state index is 0.446. The fraction of sp³-hybridized carbons (Fsp3) is 0. The van der Waals surface area contributed by atoms with Crippen molar-refractivity contribution in [3.8, 4) is 0 Å². The molecule has 14 heavy (non-hydrogen) atoms. The lowest BCUT2D eigenvalue weighted by Crippen LogP contribution is -1.80. The van der Waals surface area contributed by atoms with Crippen molar-refractivity contribution in [2.24, 2.45) is 0 Å². The molecule has 0 bridgehead atoms. The SMILES string of the molecule is Nc1nnc(C=Cc2nnc(N)s2)s1. The first kappa shape index (κ1) is 9.03. The molecule has 0 atom stereocenters. The van der Waals surface area contributed by atoms with Crippen molar-refractivity contribution in [3.63, 3.8) is 0 Å². The fourth-order valence-electron chi connectivity index (χ4n) is 0.770. The monoisotopic (exact) mass is 226 g/mol. The molecule has 2 aromatic rings. The number of nitrogens with two attached hydrogens (primary N) is 2. The van der Waals surface area contributed by atoms with Crippen LogP contribution in [-0.4, -0.2) is 20.4 Å². The summed E-state index contributed by atoms with van der Waals surface area (Å²) in [6.07, 6.45) is 3.54. The largest absolute Gasteiger partial charge is 0.374 e. The molecule has 8 heteroatoms. The van der Waals surface area contributed by atoms with Gasteiger partial charge in [-0.3, -0.25) is 0 Å². The maximum Gasteiger partial charge on any atom is 0.203 e. The molecule has 0 spiro atoms. The van der Waals surface area contributed by atoms with Crippen molar-refractivity contribution in [1.82, 2.24) is 20.4 Å². The van der Waals surface area contributed by atoms with Crippen molar-refractivity contribution >= 4 is 45.1 Å². The molecule has 72 valence electrons. The van der Waals surface area contributed by atoms with Crippen LogP contribution in [0.4, 0.5) is 10.3 Å². The van der Waals surface area contributed by atoms with Crippen molar-refractivity contribution in [2.45, 2.75) is 0 Å². The van der Waals surface area contributed by atoms with E-state index in [-0.39, 0.29) is 0 Å². The van der Waals surface area contributed by atoms with Crippen LogP contribution >= 0.6 is 22.7 Å². The van der Waals surface area contributed by atoms with Crippen molar-refractivity contribution < 1.29 is 0 Å². The second-order valence-corrected chi connectivity index (χ2v) is 4.37. The maximum absolute atomic E-state index is 5.42. The maximum atomic E-state index is 5.42. The lowest BCUT2D eigenvalue weighted by Gasteiger charge is -1.78. The highest BCUT2D eigenvalue weighted by molar-refractivity contribution is 7.16. The van der Waals surface area contributed by atoms with Gasteiger partial charge in [0.05, 0.1) is 0 Å². The Morgan fingerprint density at radius 3 is 1.50 bits per heavy atom. The minimum atomic E-state index is 0.446. The van der Waals surface area contributed by atoms with E-state index in [9.17, 15) is 0 Å². The van der Waals surface area contributed by atoms with E-state index in [0.717, 1.165) is 10.0 Å². The van der Waals surface area contributed by atoms with Gasteiger partial charge in [-0.2, -0.15) is 0 Å². The van der Waals surface area contributed by atoms with E-state index in [4.69, 9.17) is 11.5 Å². The lowest BCUT2D eigenvalue weighted by atomic mass is 10.5. The van der Waals surface area contributed by atoms with Gasteiger partial charge in [0, 0.05) is 0 Å². The standard InChI is InChI=1S/C6H6N6S2/c7-5-11-9-3(13-5)1-2-4-10-12-6(8)14-4/h1-2H,(H2,7,11)(H2,8,12). The van der Waals surface area contributed by atoms with E-state index in [1.807, 2.05) is 0 Å². The average Bonchev–Trinajstić information content (AvgIpc) is 2.72. The van der Waals surface area contributed by atoms with Crippen LogP contribution in [0.2, 0.25) is 0 Å². The molecule has 0 fully saturated rings. The molecular weight excluding hydrogens is 220 g/mol. The topological polar surface area (TPSA) is 104 Å². The van der Waals surface area contributed by atoms with Crippen LogP contribution in [0, 0.1) is 0 Å². The zero-order valence-corrected chi connectivity index (χ0v) is 8.55. The molecule has 6 nitrogen and oxygen atoms in total. The van der Waals surface area contributed by atoms with Crippen molar-refractivity contribution in [2.75, 3.05) is 11.5 Å². The molecule has 0 aliphatic carbocycles. The van der Waals surface area contributed by atoms with Gasteiger partial charge in [0.2, 0.25) is 10.3 Å². The summed E-state index contributed by atoms with van der Waals surface area (Å²) in [7, 11) is 0. The predicted molar refractivity (Wildman–Crippen MR) is 57.6 cm³/mol. The Bertz CT molecular complexity index is 416. The molecule has 0 saturated carbocycles. The molecular formula is C6H6N6S2. The van der Waals surface area contributed by atoms with E-state index >= 15 is 0 Å². The van der Waals surface area contributed by atoms with Gasteiger partial charge in [0.25, 0.3) is 0 Å². The third kappa shape index (κ3) is 2.03. The molecule has 0 aromatic carbocycles. The third-order valence-electron chi connectivity index (χ3n) is 1.28. The Morgan fingerprint density at radius 1 is 0.786 bits per heavy atom. The van der Waals surface area contributed by atoms with Crippen LogP contribution in [0.15, 0.2) is 0 Å². The second kappa shape index (κ2) is 3.68. The number of aromatic nitrogens is 4. The highest BCUT2D eigenvalue weighted by Crippen LogP contribution is 2.17. The normalized spacial score (nSPS) is 11.1. The molecule has 0 saturated heterocycles. The Labute approximate surface area is 87.3 Å². The quantitative estimate of drug-likeness (QED) is 0.782. The molecule has 0 radical (unpaired) electrons. The number of nitrogens with zero attached hydrogens (tertiary/aromatic N) is 4. The van der Waals surface area contributed by atoms with Crippen LogP contribution in [0.25, 0.3) is 12.2 Å². The number of anilines is 2. The highest BCUT2D eigenvalue weighted by atomic mass is 32.1. The van der Waals surface area contributed by atoms with Gasteiger partial charge < -0.3 is 11.5 Å². The van der Waals surface area contributed by atoms with Gasteiger partial charge in [0.1, 0.15) is 10.0 Å². The summed E-state index contributed by atoms with van der Waals surface area (Å²) in [5, 5.41) is 17.3. The van der Waals surface area contributed by atoms with Crippen LogP contribution in [0.1, 0.15) is 10.0 Å². The molecule has 2 aromatic heterocycles. The van der Waals surface area contributed by atoms with Gasteiger partial charge in [-0.1, -0.05) is 22.7 Å². The predicted octanol–water partition coefficient (Wildman–Crippen LogP) is 0.724. The average molecular weight is 226 g/mol. The lowest BCUT2D eigenvalue weighted by molar-refractivity contribution is 1.08. The number of hydrogen-bond acceptors (Lipinski definition) is 8. The summed E-state index contributed by atoms with van der Waals surface area (Å²) in [6.45, 7) is 0. The third-order valence-corrected chi connectivity index (χ3v) is 2.72. The Morgan fingerprint density at radius 2 is 1.21 bits per heavy atom. The van der Waals surface area contributed by atoms with E-state index in [1.54, 1.807) is 12.2 Å². The van der Waals surface area contributed by atoms with E-state index in [2.05, 4.69) is 20.4 Å². The van der Waals surface area contributed by atoms with Gasteiger partial charge >= 0.3 is 0 Å². The highest BCUT2D eigenvalue weighted by Gasteiger charge is 1.98. The smallest absolute Gasteiger partial charge is 0.203 e. The molecule has 0 aliphatic heterocycles. The summed E-state index contributed by atoms with van der Waals surface area (Å²) < 4.78 is 0. The molecule has 0 unspecified atom stereocenters. The zero-order valence-electron chi connectivity index (χ0n) is 6.91. The van der Waals surface area contributed by atoms with E-state index in [0.29, 0.717) is 10.3 Å². The van der Waals surface area contributed by atoms with Gasteiger partial charge in [-0.05, 0) is 12.2 Å². The second-order valence-electron chi connectivity index (χ2n) is 2.29. The molecule has 2 heterocycles. The molecule has 2 rings (SSSR count). The summed E-state index contributed by atoms with van der Waals surface area (Å²) >= 11 is 2.62. The van der Waals surface area contributed by atoms with Crippen LogP contribution in [-0.2, 0) is 0 Å². The number of hydrogen-bond donors (Lipinski definition) is 2. The number of nitrogen functional groups attached to an aromatic ring is 2. The summed E-state index contributed by atoms with van der Waals surface area (Å²) in [6, 6.07) is 0. The van der Waals surface area contributed by atoms with Gasteiger partial charge in [-0.25, -0.2) is 0 Å². The van der Waals surface area contributed by atoms with Crippen LogP contribution in [0.3, 0.4) is 0 Å². The Hall–Kier alpha value is -1.54. The minimum Gasteiger partial charge on any atom is -0.374 e. The fourth-order valence-corrected chi connectivity index (χ4v) is 1.80. The Kier molecular flexibility index (Phi) is 2.37. The number of rotatable bonds is 2. The first-order valence-corrected chi connectivity index (χ1v) is 5.23. The van der Waals surface area contributed by atoms with Crippen molar-refractivity contribution in [3.05, 3.63) is 10.0 Å². The molecule has 4 N–H and O–H groups in total.